The molecule has 1 aliphatic heterocycles. The van der Waals surface area contributed by atoms with Gasteiger partial charge in [-0.1, -0.05) is 6.07 Å². The Bertz CT molecular complexity index is 377. The number of nitrogens with one attached hydrogen (secondary N) is 1. The molecule has 2 rings (SSSR count). The Morgan fingerprint density at radius 3 is 3.11 bits per heavy atom. The van der Waals surface area contributed by atoms with Gasteiger partial charge in [0.25, 0.3) is 0 Å². The van der Waals surface area contributed by atoms with Crippen molar-refractivity contribution in [3.63, 3.8) is 0 Å². The lowest BCUT2D eigenvalue weighted by molar-refractivity contribution is 0.185. The van der Waals surface area contributed by atoms with Crippen LogP contribution in [0.1, 0.15) is 17.8 Å². The standard InChI is InChI=1S/C15H25N3O/c1-13-4-3-5-15(17-13)11-18(2)8-7-16-10-14-6-9-19-12-14/h3-5,14,16H,6-12H2,1-2H3. The summed E-state index contributed by atoms with van der Waals surface area (Å²) in [4.78, 5) is 6.83. The number of likely N-dealkylation sites (N-methyl/N-ethyl adjacent to an activating group) is 1. The van der Waals surface area contributed by atoms with Gasteiger partial charge in [0.05, 0.1) is 12.3 Å². The summed E-state index contributed by atoms with van der Waals surface area (Å²) < 4.78 is 5.37. The van der Waals surface area contributed by atoms with Gasteiger partial charge in [-0.2, -0.15) is 0 Å². The second-order valence-corrected chi connectivity index (χ2v) is 5.44. The third-order valence-corrected chi connectivity index (χ3v) is 3.51. The summed E-state index contributed by atoms with van der Waals surface area (Å²) in [7, 11) is 2.14. The molecule has 0 aliphatic carbocycles. The zero-order valence-corrected chi connectivity index (χ0v) is 12.1. The second kappa shape index (κ2) is 7.58. The van der Waals surface area contributed by atoms with Gasteiger partial charge in [-0.3, -0.25) is 9.88 Å². The molecule has 1 aromatic rings. The van der Waals surface area contributed by atoms with Crippen molar-refractivity contribution in [1.82, 2.24) is 15.2 Å². The Balaban J connectivity index is 1.60. The van der Waals surface area contributed by atoms with Crippen LogP contribution < -0.4 is 5.32 Å². The first-order chi connectivity index (χ1) is 9.24. The van der Waals surface area contributed by atoms with Crippen molar-refractivity contribution in [2.45, 2.75) is 19.9 Å². The highest BCUT2D eigenvalue weighted by molar-refractivity contribution is 5.09. The minimum Gasteiger partial charge on any atom is -0.381 e. The van der Waals surface area contributed by atoms with Gasteiger partial charge in [-0.05, 0) is 38.4 Å². The van der Waals surface area contributed by atoms with Crippen molar-refractivity contribution >= 4 is 0 Å². The van der Waals surface area contributed by atoms with Crippen molar-refractivity contribution in [3.8, 4) is 0 Å². The lowest BCUT2D eigenvalue weighted by Gasteiger charge is -2.17. The van der Waals surface area contributed by atoms with Gasteiger partial charge in [0.15, 0.2) is 0 Å². The van der Waals surface area contributed by atoms with E-state index in [2.05, 4.69) is 34.4 Å². The predicted molar refractivity (Wildman–Crippen MR) is 77.1 cm³/mol. The van der Waals surface area contributed by atoms with Crippen molar-refractivity contribution in [2.24, 2.45) is 5.92 Å². The average molecular weight is 263 g/mol. The van der Waals surface area contributed by atoms with E-state index in [1.165, 1.54) is 6.42 Å². The minimum absolute atomic E-state index is 0.712. The van der Waals surface area contributed by atoms with Crippen LogP contribution in [0.2, 0.25) is 0 Å². The molecule has 4 nitrogen and oxygen atoms in total. The molecule has 0 spiro atoms. The van der Waals surface area contributed by atoms with E-state index in [0.29, 0.717) is 5.92 Å². The lowest BCUT2D eigenvalue weighted by Crippen LogP contribution is -2.32. The van der Waals surface area contributed by atoms with Crippen LogP contribution in [0.3, 0.4) is 0 Å². The number of ether oxygens (including phenoxy) is 1. The number of hydrogen-bond donors (Lipinski definition) is 1. The van der Waals surface area contributed by atoms with Crippen LogP contribution in [-0.4, -0.2) is 49.8 Å². The fraction of sp³-hybridized carbons (Fsp3) is 0.667. The molecule has 0 amide bonds. The Hall–Kier alpha value is -0.970. The number of hydrogen-bond acceptors (Lipinski definition) is 4. The molecule has 0 bridgehead atoms. The number of aromatic nitrogens is 1. The lowest BCUT2D eigenvalue weighted by atomic mass is 10.1. The molecule has 106 valence electrons. The third kappa shape index (κ3) is 5.27. The number of rotatable bonds is 7. The maximum atomic E-state index is 5.37. The molecule has 1 atom stereocenters. The van der Waals surface area contributed by atoms with Crippen LogP contribution >= 0.6 is 0 Å². The van der Waals surface area contributed by atoms with Gasteiger partial charge in [0, 0.05) is 38.5 Å². The van der Waals surface area contributed by atoms with E-state index in [0.717, 1.165) is 50.8 Å². The van der Waals surface area contributed by atoms with Gasteiger partial charge in [-0.15, -0.1) is 0 Å². The second-order valence-electron chi connectivity index (χ2n) is 5.44. The van der Waals surface area contributed by atoms with E-state index < -0.39 is 0 Å². The third-order valence-electron chi connectivity index (χ3n) is 3.51. The maximum absolute atomic E-state index is 5.37. The summed E-state index contributed by atoms with van der Waals surface area (Å²) in [5.41, 5.74) is 2.23. The zero-order chi connectivity index (χ0) is 13.5. The fourth-order valence-electron chi connectivity index (χ4n) is 2.36. The van der Waals surface area contributed by atoms with E-state index in [-0.39, 0.29) is 0 Å². The smallest absolute Gasteiger partial charge is 0.0547 e. The van der Waals surface area contributed by atoms with Crippen LogP contribution in [0, 0.1) is 12.8 Å². The highest BCUT2D eigenvalue weighted by atomic mass is 16.5. The number of pyridine rings is 1. The monoisotopic (exact) mass is 263 g/mol. The van der Waals surface area contributed by atoms with Crippen molar-refractivity contribution < 1.29 is 4.74 Å². The highest BCUT2D eigenvalue weighted by Crippen LogP contribution is 2.10. The van der Waals surface area contributed by atoms with Crippen molar-refractivity contribution in [2.75, 3.05) is 39.9 Å². The molecule has 0 aromatic carbocycles. The van der Waals surface area contributed by atoms with E-state index >= 15 is 0 Å². The molecule has 1 saturated heterocycles. The summed E-state index contributed by atoms with van der Waals surface area (Å²) >= 11 is 0. The summed E-state index contributed by atoms with van der Waals surface area (Å²) in [6.07, 6.45) is 1.20. The average Bonchev–Trinajstić information content (AvgIpc) is 2.88. The van der Waals surface area contributed by atoms with Gasteiger partial charge >= 0.3 is 0 Å². The highest BCUT2D eigenvalue weighted by Gasteiger charge is 2.14. The largest absolute Gasteiger partial charge is 0.381 e. The van der Waals surface area contributed by atoms with E-state index in [4.69, 9.17) is 4.74 Å². The van der Waals surface area contributed by atoms with Gasteiger partial charge < -0.3 is 10.1 Å². The van der Waals surface area contributed by atoms with E-state index in [1.54, 1.807) is 0 Å². The molecular weight excluding hydrogens is 238 g/mol. The van der Waals surface area contributed by atoms with Crippen LogP contribution in [0.15, 0.2) is 18.2 Å². The Labute approximate surface area is 116 Å². The summed E-state index contributed by atoms with van der Waals surface area (Å²) in [6.45, 7) is 7.96. The minimum atomic E-state index is 0.712. The van der Waals surface area contributed by atoms with Crippen LogP contribution in [-0.2, 0) is 11.3 Å². The van der Waals surface area contributed by atoms with Crippen LogP contribution in [0.4, 0.5) is 0 Å². The fourth-order valence-corrected chi connectivity index (χ4v) is 2.36. The van der Waals surface area contributed by atoms with Gasteiger partial charge in [0.1, 0.15) is 0 Å². The van der Waals surface area contributed by atoms with E-state index in [1.807, 2.05) is 13.0 Å². The predicted octanol–water partition coefficient (Wildman–Crippen LogP) is 1.45. The first-order valence-electron chi connectivity index (χ1n) is 7.13. The molecular formula is C15H25N3O. The van der Waals surface area contributed by atoms with Crippen LogP contribution in [0.25, 0.3) is 0 Å². The topological polar surface area (TPSA) is 37.4 Å². The normalized spacial score (nSPS) is 19.2. The zero-order valence-electron chi connectivity index (χ0n) is 12.1. The molecule has 1 aliphatic rings. The van der Waals surface area contributed by atoms with Crippen molar-refractivity contribution in [1.29, 1.82) is 0 Å². The first kappa shape index (κ1) is 14.4. The Morgan fingerprint density at radius 2 is 2.37 bits per heavy atom. The van der Waals surface area contributed by atoms with Gasteiger partial charge in [0.2, 0.25) is 0 Å². The van der Waals surface area contributed by atoms with Crippen molar-refractivity contribution in [3.05, 3.63) is 29.6 Å². The molecule has 1 N–H and O–H groups in total. The van der Waals surface area contributed by atoms with Gasteiger partial charge in [-0.25, -0.2) is 0 Å². The molecule has 1 fully saturated rings. The number of nitrogens with zero attached hydrogens (tertiary/aromatic N) is 2. The molecule has 1 unspecified atom stereocenters. The summed E-state index contributed by atoms with van der Waals surface area (Å²) in [5.74, 6) is 0.712. The van der Waals surface area contributed by atoms with Crippen LogP contribution in [0.5, 0.6) is 0 Å². The summed E-state index contributed by atoms with van der Waals surface area (Å²) in [5, 5.41) is 3.51. The molecule has 4 heteroatoms. The first-order valence-corrected chi connectivity index (χ1v) is 7.13. The molecule has 2 heterocycles. The quantitative estimate of drug-likeness (QED) is 0.756. The SMILES string of the molecule is Cc1cccc(CN(C)CCNCC2CCOC2)n1. The molecule has 0 saturated carbocycles. The molecule has 1 aromatic heterocycles. The number of aryl methyl sites for hydroxylation is 1. The maximum Gasteiger partial charge on any atom is 0.0547 e. The Kier molecular flexibility index (Phi) is 5.76. The molecule has 19 heavy (non-hydrogen) atoms. The summed E-state index contributed by atoms with van der Waals surface area (Å²) in [6, 6.07) is 6.20. The molecule has 0 radical (unpaired) electrons. The van der Waals surface area contributed by atoms with E-state index in [9.17, 15) is 0 Å². The Morgan fingerprint density at radius 1 is 1.47 bits per heavy atom.